The summed E-state index contributed by atoms with van der Waals surface area (Å²) >= 11 is 0. The summed E-state index contributed by atoms with van der Waals surface area (Å²) in [5.74, 6) is 0.326. The highest BCUT2D eigenvalue weighted by Gasteiger charge is 2.10. The van der Waals surface area contributed by atoms with Crippen LogP contribution in [0.2, 0.25) is 0 Å². The minimum Gasteiger partial charge on any atom is -0.461 e. The number of furan rings is 1. The van der Waals surface area contributed by atoms with Crippen molar-refractivity contribution in [1.29, 1.82) is 0 Å². The van der Waals surface area contributed by atoms with Crippen LogP contribution in [0.3, 0.4) is 0 Å². The van der Waals surface area contributed by atoms with Crippen molar-refractivity contribution in [1.82, 2.24) is 15.3 Å². The van der Waals surface area contributed by atoms with Crippen LogP contribution in [0.4, 0.5) is 5.69 Å². The van der Waals surface area contributed by atoms with E-state index >= 15 is 0 Å². The van der Waals surface area contributed by atoms with Crippen LogP contribution >= 0.6 is 0 Å². The van der Waals surface area contributed by atoms with Crippen molar-refractivity contribution in [2.24, 2.45) is 10.7 Å². The Kier molecular flexibility index (Phi) is 3.81. The second-order valence-corrected chi connectivity index (χ2v) is 5.77. The number of fused-ring (bicyclic) bond motifs is 2. The molecule has 26 heavy (non-hydrogen) atoms. The lowest BCUT2D eigenvalue weighted by atomic mass is 10.2. The van der Waals surface area contributed by atoms with E-state index in [0.29, 0.717) is 11.2 Å². The normalized spacial score (nSPS) is 11.8. The van der Waals surface area contributed by atoms with Gasteiger partial charge in [0.1, 0.15) is 17.0 Å². The Balaban J connectivity index is 1.55. The first-order chi connectivity index (χ1) is 12.6. The first-order valence-electron chi connectivity index (χ1n) is 7.96. The van der Waals surface area contributed by atoms with Gasteiger partial charge in [0, 0.05) is 5.39 Å². The van der Waals surface area contributed by atoms with Crippen LogP contribution in [0.5, 0.6) is 0 Å². The number of rotatable bonds is 2. The summed E-state index contributed by atoms with van der Waals surface area (Å²) < 4.78 is 5.52. The third kappa shape index (κ3) is 3.10. The Morgan fingerprint density at radius 3 is 2.81 bits per heavy atom. The number of nitrogens with one attached hydrogen (secondary N) is 1. The summed E-state index contributed by atoms with van der Waals surface area (Å²) in [7, 11) is 0. The fourth-order valence-electron chi connectivity index (χ4n) is 2.65. The first kappa shape index (κ1) is 15.8. The Morgan fingerprint density at radius 1 is 1.15 bits per heavy atom. The molecule has 2 aromatic carbocycles. The van der Waals surface area contributed by atoms with Gasteiger partial charge in [-0.1, -0.05) is 12.1 Å². The number of guanidine groups is 1. The summed E-state index contributed by atoms with van der Waals surface area (Å²) in [5.41, 5.74) is 8.76. The SMILES string of the molecule is Cc1cc2cc(N=C(N)NC(=O)c3cnc4ccccc4n3)ccc2o1. The van der Waals surface area contributed by atoms with Crippen LogP contribution in [0.25, 0.3) is 22.0 Å². The van der Waals surface area contributed by atoms with Gasteiger partial charge in [-0.25, -0.2) is 9.98 Å². The third-order valence-corrected chi connectivity index (χ3v) is 3.80. The average molecular weight is 345 g/mol. The zero-order chi connectivity index (χ0) is 18.1. The second-order valence-electron chi connectivity index (χ2n) is 5.77. The molecule has 0 aliphatic heterocycles. The largest absolute Gasteiger partial charge is 0.461 e. The van der Waals surface area contributed by atoms with Gasteiger partial charge in [-0.15, -0.1) is 0 Å². The third-order valence-electron chi connectivity index (χ3n) is 3.80. The lowest BCUT2D eigenvalue weighted by Crippen LogP contribution is -2.37. The molecule has 7 nitrogen and oxygen atoms in total. The molecule has 0 spiro atoms. The maximum absolute atomic E-state index is 12.3. The summed E-state index contributed by atoms with van der Waals surface area (Å²) in [4.78, 5) is 25.0. The second kappa shape index (κ2) is 6.29. The Morgan fingerprint density at radius 2 is 1.96 bits per heavy atom. The van der Waals surface area contributed by atoms with Crippen LogP contribution in [0.15, 0.2) is 64.1 Å². The van der Waals surface area contributed by atoms with Crippen LogP contribution < -0.4 is 11.1 Å². The number of nitrogens with zero attached hydrogens (tertiary/aromatic N) is 3. The zero-order valence-corrected chi connectivity index (χ0v) is 13.9. The van der Waals surface area contributed by atoms with Crippen molar-refractivity contribution in [3.8, 4) is 0 Å². The number of carbonyl (C=O) groups is 1. The van der Waals surface area contributed by atoms with E-state index in [1.807, 2.05) is 43.3 Å². The maximum Gasteiger partial charge on any atom is 0.278 e. The molecule has 3 N–H and O–H groups in total. The molecule has 4 rings (SSSR count). The smallest absolute Gasteiger partial charge is 0.278 e. The number of nitrogens with two attached hydrogens (primary N) is 1. The van der Waals surface area contributed by atoms with Crippen LogP contribution in [0, 0.1) is 6.92 Å². The number of hydrogen-bond acceptors (Lipinski definition) is 5. The van der Waals surface area contributed by atoms with Gasteiger partial charge in [-0.2, -0.15) is 0 Å². The maximum atomic E-state index is 12.3. The number of aliphatic imine (C=N–C) groups is 1. The predicted molar refractivity (Wildman–Crippen MR) is 99.2 cm³/mol. The monoisotopic (exact) mass is 345 g/mol. The van der Waals surface area contributed by atoms with Crippen molar-refractivity contribution >= 4 is 39.6 Å². The molecule has 2 aromatic heterocycles. The van der Waals surface area contributed by atoms with Gasteiger partial charge < -0.3 is 10.2 Å². The van der Waals surface area contributed by atoms with Gasteiger partial charge in [-0.3, -0.25) is 15.1 Å². The van der Waals surface area contributed by atoms with Gasteiger partial charge in [-0.05, 0) is 43.3 Å². The zero-order valence-electron chi connectivity index (χ0n) is 13.9. The van der Waals surface area contributed by atoms with E-state index < -0.39 is 5.91 Å². The number of hydrogen-bond donors (Lipinski definition) is 2. The van der Waals surface area contributed by atoms with E-state index in [2.05, 4.69) is 20.3 Å². The van der Waals surface area contributed by atoms with Gasteiger partial charge in [0.25, 0.3) is 5.91 Å². The molecule has 1 amide bonds. The van der Waals surface area contributed by atoms with E-state index in [0.717, 1.165) is 22.2 Å². The van der Waals surface area contributed by atoms with Crippen molar-refractivity contribution in [3.63, 3.8) is 0 Å². The van der Waals surface area contributed by atoms with E-state index in [9.17, 15) is 4.79 Å². The molecule has 0 saturated heterocycles. The average Bonchev–Trinajstić information content (AvgIpc) is 3.00. The minimum absolute atomic E-state index is 0.0236. The van der Waals surface area contributed by atoms with Gasteiger partial charge in [0.2, 0.25) is 5.96 Å². The van der Waals surface area contributed by atoms with E-state index in [4.69, 9.17) is 10.2 Å². The molecular formula is C19H15N5O2. The van der Waals surface area contributed by atoms with Crippen LogP contribution in [-0.4, -0.2) is 21.8 Å². The fourth-order valence-corrected chi connectivity index (χ4v) is 2.65. The number of carbonyl (C=O) groups excluding carboxylic acids is 1. The Hall–Kier alpha value is -3.74. The van der Waals surface area contributed by atoms with E-state index in [1.165, 1.54) is 6.20 Å². The van der Waals surface area contributed by atoms with Gasteiger partial charge in [0.05, 0.1) is 22.9 Å². The molecule has 0 aliphatic rings. The summed E-state index contributed by atoms with van der Waals surface area (Å²) in [6.45, 7) is 1.88. The molecule has 2 heterocycles. The molecule has 0 fully saturated rings. The molecule has 0 unspecified atom stereocenters. The highest BCUT2D eigenvalue weighted by atomic mass is 16.3. The quantitative estimate of drug-likeness (QED) is 0.429. The number of aryl methyl sites for hydroxylation is 1. The summed E-state index contributed by atoms with van der Waals surface area (Å²) in [6, 6.07) is 14.6. The fraction of sp³-hybridized carbons (Fsp3) is 0.0526. The molecule has 4 aromatic rings. The van der Waals surface area contributed by atoms with Gasteiger partial charge in [0.15, 0.2) is 0 Å². The molecule has 0 saturated carbocycles. The predicted octanol–water partition coefficient (Wildman–Crippen LogP) is 3.06. The van der Waals surface area contributed by atoms with Crippen molar-refractivity contribution in [2.45, 2.75) is 6.92 Å². The molecule has 0 radical (unpaired) electrons. The van der Waals surface area contributed by atoms with Crippen LogP contribution in [-0.2, 0) is 0 Å². The highest BCUT2D eigenvalue weighted by molar-refractivity contribution is 6.05. The van der Waals surface area contributed by atoms with Crippen molar-refractivity contribution in [2.75, 3.05) is 0 Å². The van der Waals surface area contributed by atoms with E-state index in [-0.39, 0.29) is 11.7 Å². The first-order valence-corrected chi connectivity index (χ1v) is 7.96. The molecular weight excluding hydrogens is 330 g/mol. The van der Waals surface area contributed by atoms with E-state index in [1.54, 1.807) is 12.1 Å². The lowest BCUT2D eigenvalue weighted by molar-refractivity contribution is 0.0972. The Labute approximate surface area is 148 Å². The highest BCUT2D eigenvalue weighted by Crippen LogP contribution is 2.24. The summed E-state index contributed by atoms with van der Waals surface area (Å²) in [5, 5.41) is 3.45. The topological polar surface area (TPSA) is 106 Å². The van der Waals surface area contributed by atoms with Crippen molar-refractivity contribution < 1.29 is 9.21 Å². The number of aromatic nitrogens is 2. The standard InChI is InChI=1S/C19H15N5O2/c1-11-8-12-9-13(6-7-17(12)26-11)22-19(20)24-18(25)16-10-21-14-4-2-3-5-15(14)23-16/h2-10H,1H3,(H3,20,22,24,25). The van der Waals surface area contributed by atoms with Crippen LogP contribution in [0.1, 0.15) is 16.2 Å². The lowest BCUT2D eigenvalue weighted by Gasteiger charge is -2.05. The summed E-state index contributed by atoms with van der Waals surface area (Å²) in [6.07, 6.45) is 1.41. The Bertz CT molecular complexity index is 1160. The van der Waals surface area contributed by atoms with Crippen molar-refractivity contribution in [3.05, 3.63) is 66.2 Å². The van der Waals surface area contributed by atoms with Gasteiger partial charge >= 0.3 is 0 Å². The number of amides is 1. The molecule has 0 aliphatic carbocycles. The minimum atomic E-state index is -0.468. The number of para-hydroxylation sites is 2. The molecule has 128 valence electrons. The molecule has 0 bridgehead atoms. The molecule has 0 atom stereocenters. The molecule has 7 heteroatoms. The number of benzene rings is 2.